The van der Waals surface area contributed by atoms with Gasteiger partial charge in [-0.2, -0.15) is 10.4 Å². The first-order valence-corrected chi connectivity index (χ1v) is 21.6. The van der Waals surface area contributed by atoms with Crippen molar-refractivity contribution in [2.24, 2.45) is 25.4 Å². The second-order valence-electron chi connectivity index (χ2n) is 18.1. The van der Waals surface area contributed by atoms with Crippen molar-refractivity contribution in [3.8, 4) is 6.07 Å². The maximum absolute atomic E-state index is 15.7. The molecule has 0 aliphatic carbocycles. The minimum atomic E-state index is -0.534. The quantitative estimate of drug-likeness (QED) is 0.231. The lowest BCUT2D eigenvalue weighted by molar-refractivity contribution is -0.120. The Morgan fingerprint density at radius 2 is 1.57 bits per heavy atom. The summed E-state index contributed by atoms with van der Waals surface area (Å²) in [7, 11) is 5.76. The zero-order chi connectivity index (χ0) is 42.3. The Labute approximate surface area is 354 Å². The predicted molar refractivity (Wildman–Crippen MR) is 237 cm³/mol. The highest BCUT2D eigenvalue weighted by atomic mass is 19.1. The standard InChI is InChI=1S/C46H52FN11O3/c1-29-19-33-37(52(3)44(29)60)21-32(22-39(33)57-18-17-51(2)36-6-5-31(25-48)20-41(36)57)55-12-7-30(8-13-55)26-54-15-10-46(11-16-54)27-56(28-46)40-24-38-34(23-35(40)47)43(50-53(38)4)58-14-9-42(59)49-45(58)61/h5-6,19-24,30H,7-18,26-28H2,1-4H3,(H,49,59,61). The van der Waals surface area contributed by atoms with Gasteiger partial charge in [0.05, 0.1) is 45.4 Å². The number of likely N-dealkylation sites (N-methyl/N-ethyl adjacent to an activating group) is 1. The number of rotatable bonds is 6. The summed E-state index contributed by atoms with van der Waals surface area (Å²) in [6, 6.07) is 17.5. The Balaban J connectivity index is 0.788. The van der Waals surface area contributed by atoms with Crippen LogP contribution in [0.1, 0.15) is 43.2 Å². The predicted octanol–water partition coefficient (Wildman–Crippen LogP) is 5.60. The van der Waals surface area contributed by atoms with E-state index >= 15 is 4.39 Å². The van der Waals surface area contributed by atoms with Gasteiger partial charge >= 0.3 is 6.03 Å². The van der Waals surface area contributed by atoms with Crippen LogP contribution in [0.3, 0.4) is 0 Å². The average Bonchev–Trinajstić information content (AvgIpc) is 3.56. The second-order valence-corrected chi connectivity index (χ2v) is 18.1. The molecule has 14 nitrogen and oxygen atoms in total. The topological polar surface area (TPSA) is 129 Å². The van der Waals surface area contributed by atoms with Crippen LogP contribution in [0.2, 0.25) is 0 Å². The van der Waals surface area contributed by atoms with Crippen LogP contribution in [0.4, 0.5) is 43.4 Å². The molecule has 61 heavy (non-hydrogen) atoms. The maximum atomic E-state index is 15.7. The Bertz CT molecular complexity index is 2710. The number of carbonyl (C=O) groups is 2. The van der Waals surface area contributed by atoms with E-state index in [2.05, 4.69) is 60.2 Å². The summed E-state index contributed by atoms with van der Waals surface area (Å²) >= 11 is 0. The number of piperidine rings is 2. The van der Waals surface area contributed by atoms with Gasteiger partial charge in [0.2, 0.25) is 5.91 Å². The van der Waals surface area contributed by atoms with Gasteiger partial charge in [0.1, 0.15) is 5.82 Å². The number of fused-ring (bicyclic) bond motifs is 3. The minimum Gasteiger partial charge on any atom is -0.371 e. The summed E-state index contributed by atoms with van der Waals surface area (Å²) in [5.74, 6) is 0.317. The number of likely N-dealkylation sites (tertiary alicyclic amines) is 1. The number of imide groups is 1. The molecule has 7 heterocycles. The summed E-state index contributed by atoms with van der Waals surface area (Å²) in [6.07, 6.45) is 4.55. The number of carbonyl (C=O) groups excluding carboxylic acids is 2. The molecule has 15 heteroatoms. The third-order valence-corrected chi connectivity index (χ3v) is 14.3. The van der Waals surface area contributed by atoms with Crippen molar-refractivity contribution in [2.45, 2.75) is 39.0 Å². The molecule has 0 unspecified atom stereocenters. The number of aryl methyl sites for hydroxylation is 3. The number of nitrogens with one attached hydrogen (secondary N) is 1. The average molecular weight is 826 g/mol. The van der Waals surface area contributed by atoms with E-state index in [0.29, 0.717) is 33.9 Å². The molecule has 316 valence electrons. The van der Waals surface area contributed by atoms with Gasteiger partial charge in [-0.25, -0.2) is 9.18 Å². The van der Waals surface area contributed by atoms with Crippen molar-refractivity contribution in [1.82, 2.24) is 24.6 Å². The normalized spacial score (nSPS) is 19.8. The number of aromatic nitrogens is 3. The third-order valence-electron chi connectivity index (χ3n) is 14.3. The molecule has 4 fully saturated rings. The van der Waals surface area contributed by atoms with Gasteiger partial charge in [-0.1, -0.05) is 0 Å². The van der Waals surface area contributed by atoms with E-state index in [1.807, 2.05) is 44.3 Å². The minimum absolute atomic E-state index is 0.0109. The van der Waals surface area contributed by atoms with E-state index in [4.69, 9.17) is 0 Å². The molecule has 4 saturated heterocycles. The van der Waals surface area contributed by atoms with Crippen molar-refractivity contribution in [1.29, 1.82) is 5.26 Å². The number of nitrogens with zero attached hydrogens (tertiary/aromatic N) is 10. The van der Waals surface area contributed by atoms with Crippen LogP contribution in [-0.4, -0.2) is 104 Å². The number of hydrogen-bond donors (Lipinski definition) is 1. The van der Waals surface area contributed by atoms with Crippen LogP contribution in [0.5, 0.6) is 0 Å². The van der Waals surface area contributed by atoms with Crippen LogP contribution >= 0.6 is 0 Å². The SMILES string of the molecule is Cc1cc2c(N3CCN(C)c4ccc(C#N)cc43)cc(N3CCC(CN4CCC5(CC4)CN(c4cc6c(cc4F)c(N4CCC(=O)NC4=O)nn6C)C5)CC3)cc2n(C)c1=O. The van der Waals surface area contributed by atoms with Crippen LogP contribution < -0.4 is 35.4 Å². The summed E-state index contributed by atoms with van der Waals surface area (Å²) in [4.78, 5) is 50.7. The van der Waals surface area contributed by atoms with Crippen molar-refractivity contribution in [3.05, 3.63) is 75.8 Å². The van der Waals surface area contributed by atoms with Crippen LogP contribution in [0, 0.1) is 35.4 Å². The lowest BCUT2D eigenvalue weighted by Crippen LogP contribution is -2.61. The molecule has 1 spiro atoms. The Hall–Kier alpha value is -6.14. The lowest BCUT2D eigenvalue weighted by atomic mass is 9.71. The van der Waals surface area contributed by atoms with Crippen LogP contribution in [0.15, 0.2) is 53.3 Å². The van der Waals surface area contributed by atoms with Gasteiger partial charge in [0.25, 0.3) is 5.56 Å². The van der Waals surface area contributed by atoms with E-state index in [9.17, 15) is 19.6 Å². The summed E-state index contributed by atoms with van der Waals surface area (Å²) < 4.78 is 19.2. The van der Waals surface area contributed by atoms with Gasteiger partial charge in [0, 0.05) is 107 Å². The van der Waals surface area contributed by atoms with E-state index in [-0.39, 0.29) is 35.7 Å². The molecule has 5 aromatic rings. The van der Waals surface area contributed by atoms with Gasteiger partial charge in [-0.15, -0.1) is 0 Å². The first-order chi connectivity index (χ1) is 29.4. The molecule has 0 radical (unpaired) electrons. The molecule has 3 aromatic carbocycles. The molecule has 2 aromatic heterocycles. The van der Waals surface area contributed by atoms with Crippen molar-refractivity contribution in [2.75, 3.05) is 97.0 Å². The number of amides is 3. The first kappa shape index (κ1) is 39.0. The van der Waals surface area contributed by atoms with Gasteiger partial charge in [0.15, 0.2) is 5.82 Å². The fourth-order valence-corrected chi connectivity index (χ4v) is 10.6. The summed E-state index contributed by atoms with van der Waals surface area (Å²) in [5.41, 5.74) is 8.04. The molecular weight excluding hydrogens is 774 g/mol. The number of anilines is 6. The van der Waals surface area contributed by atoms with Crippen molar-refractivity contribution in [3.63, 3.8) is 0 Å². The molecule has 0 bridgehead atoms. The lowest BCUT2D eigenvalue weighted by Gasteiger charge is -2.55. The second kappa shape index (κ2) is 14.8. The molecule has 0 atom stereocenters. The van der Waals surface area contributed by atoms with Crippen molar-refractivity contribution >= 4 is 68.0 Å². The number of benzene rings is 3. The number of hydrogen-bond acceptors (Lipinski definition) is 10. The van der Waals surface area contributed by atoms with Gasteiger partial charge < -0.3 is 29.1 Å². The van der Waals surface area contributed by atoms with E-state index in [1.165, 1.54) is 11.0 Å². The number of nitriles is 1. The molecule has 1 N–H and O–H groups in total. The van der Waals surface area contributed by atoms with Gasteiger partial charge in [-0.05, 0) is 100 Å². The smallest absolute Gasteiger partial charge is 0.329 e. The summed E-state index contributed by atoms with van der Waals surface area (Å²) in [6.45, 7) is 10.4. The van der Waals surface area contributed by atoms with E-state index < -0.39 is 6.03 Å². The molecule has 10 rings (SSSR count). The first-order valence-electron chi connectivity index (χ1n) is 21.6. The van der Waals surface area contributed by atoms with Crippen LogP contribution in [0.25, 0.3) is 21.8 Å². The number of pyridine rings is 1. The Morgan fingerprint density at radius 1 is 0.803 bits per heavy atom. The monoisotopic (exact) mass is 825 g/mol. The highest BCUT2D eigenvalue weighted by molar-refractivity contribution is 6.09. The number of halogens is 1. The van der Waals surface area contributed by atoms with E-state index in [0.717, 1.165) is 124 Å². The Morgan fingerprint density at radius 3 is 2.31 bits per heavy atom. The van der Waals surface area contributed by atoms with Crippen LogP contribution in [-0.2, 0) is 18.9 Å². The maximum Gasteiger partial charge on any atom is 0.329 e. The highest BCUT2D eigenvalue weighted by Gasteiger charge is 2.46. The largest absolute Gasteiger partial charge is 0.371 e. The molecule has 0 saturated carbocycles. The van der Waals surface area contributed by atoms with E-state index in [1.54, 1.807) is 16.3 Å². The molecule has 5 aliphatic heterocycles. The van der Waals surface area contributed by atoms with Crippen molar-refractivity contribution < 1.29 is 14.0 Å². The Kier molecular flexibility index (Phi) is 9.46. The third kappa shape index (κ3) is 6.72. The number of urea groups is 1. The summed E-state index contributed by atoms with van der Waals surface area (Å²) in [5, 5.41) is 18.2. The molecule has 3 amide bonds. The zero-order valence-corrected chi connectivity index (χ0v) is 35.4. The fraction of sp³-hybridized carbons (Fsp3) is 0.457. The highest BCUT2D eigenvalue weighted by Crippen LogP contribution is 2.46. The molecular formula is C46H52FN11O3. The zero-order valence-electron chi connectivity index (χ0n) is 35.4. The molecule has 5 aliphatic rings. The fourth-order valence-electron chi connectivity index (χ4n) is 10.6. The van der Waals surface area contributed by atoms with Gasteiger partial charge in [-0.3, -0.25) is 24.5 Å².